The summed E-state index contributed by atoms with van der Waals surface area (Å²) in [5, 5.41) is 3.55. The first-order chi connectivity index (χ1) is 8.36. The Morgan fingerprint density at radius 3 is 2.94 bits per heavy atom. The highest BCUT2D eigenvalue weighted by atomic mass is 32.1. The minimum atomic E-state index is 1.04. The highest BCUT2D eigenvalue weighted by Crippen LogP contribution is 2.28. The van der Waals surface area contributed by atoms with Gasteiger partial charge in [0.25, 0.3) is 0 Å². The van der Waals surface area contributed by atoms with Crippen LogP contribution < -0.4 is 4.40 Å². The lowest BCUT2D eigenvalue weighted by Crippen LogP contribution is -2.29. The number of hydrogen-bond donors (Lipinski definition) is 0. The summed E-state index contributed by atoms with van der Waals surface area (Å²) in [5.74, 6) is 0. The monoisotopic (exact) mass is 243 g/mol. The van der Waals surface area contributed by atoms with E-state index in [1.165, 1.54) is 21.3 Å². The van der Waals surface area contributed by atoms with Gasteiger partial charge in [-0.3, -0.25) is 0 Å². The minimum Gasteiger partial charge on any atom is -0.199 e. The molecule has 0 spiro atoms. The first-order valence-corrected chi connectivity index (χ1v) is 6.92. The van der Waals surface area contributed by atoms with Gasteiger partial charge in [-0.25, -0.2) is 0 Å². The number of aromatic nitrogens is 2. The fourth-order valence-corrected chi connectivity index (χ4v) is 3.47. The van der Waals surface area contributed by atoms with Crippen molar-refractivity contribution in [1.82, 2.24) is 4.98 Å². The second-order valence-corrected chi connectivity index (χ2v) is 5.03. The van der Waals surface area contributed by atoms with Gasteiger partial charge in [0.2, 0.25) is 0 Å². The van der Waals surface area contributed by atoms with Crippen molar-refractivity contribution in [2.24, 2.45) is 0 Å². The van der Waals surface area contributed by atoms with Gasteiger partial charge in [0.05, 0.1) is 0 Å². The van der Waals surface area contributed by atoms with Crippen molar-refractivity contribution < 1.29 is 4.40 Å². The molecule has 86 valence electrons. The molecule has 0 saturated heterocycles. The highest BCUT2D eigenvalue weighted by molar-refractivity contribution is 7.18. The Balaban J connectivity index is 2.60. The first kappa shape index (κ1) is 10.7. The Morgan fingerprint density at radius 1 is 1.29 bits per heavy atom. The van der Waals surface area contributed by atoms with Crippen molar-refractivity contribution in [3.63, 3.8) is 0 Å². The van der Waals surface area contributed by atoms with Gasteiger partial charge in [0.1, 0.15) is 22.8 Å². The molecule has 3 heteroatoms. The molecular formula is C14H15N2S+. The predicted molar refractivity (Wildman–Crippen MR) is 71.5 cm³/mol. The van der Waals surface area contributed by atoms with Crippen LogP contribution in [0, 0.1) is 0 Å². The van der Waals surface area contributed by atoms with Crippen LogP contribution in [0.3, 0.4) is 0 Å². The van der Waals surface area contributed by atoms with E-state index in [2.05, 4.69) is 40.9 Å². The van der Waals surface area contributed by atoms with Crippen LogP contribution in [-0.4, -0.2) is 4.98 Å². The number of hydrogen-bond acceptors (Lipinski definition) is 2. The van der Waals surface area contributed by atoms with Crippen LogP contribution in [0.2, 0.25) is 0 Å². The van der Waals surface area contributed by atoms with E-state index < -0.39 is 0 Å². The van der Waals surface area contributed by atoms with Crippen LogP contribution in [0.25, 0.3) is 15.7 Å². The van der Waals surface area contributed by atoms with Crippen molar-refractivity contribution >= 4 is 27.1 Å². The molecule has 3 rings (SSSR count). The van der Waals surface area contributed by atoms with Crippen molar-refractivity contribution in [2.75, 3.05) is 0 Å². The van der Waals surface area contributed by atoms with Gasteiger partial charge >= 0.3 is 5.65 Å². The van der Waals surface area contributed by atoms with Crippen LogP contribution in [0.1, 0.15) is 25.1 Å². The Bertz CT molecular complexity index is 685. The van der Waals surface area contributed by atoms with Crippen LogP contribution in [0.5, 0.6) is 0 Å². The van der Waals surface area contributed by atoms with E-state index in [9.17, 15) is 0 Å². The quantitative estimate of drug-likeness (QED) is 0.632. The van der Waals surface area contributed by atoms with Gasteiger partial charge in [0.15, 0.2) is 0 Å². The van der Waals surface area contributed by atoms with E-state index in [1.807, 2.05) is 12.3 Å². The van der Waals surface area contributed by atoms with Gasteiger partial charge in [-0.15, -0.1) is 11.3 Å². The number of aryl methyl sites for hydroxylation is 2. The zero-order valence-corrected chi connectivity index (χ0v) is 10.9. The molecule has 0 fully saturated rings. The molecule has 0 amide bonds. The number of rotatable bonds is 2. The fraction of sp³-hybridized carbons (Fsp3) is 0.286. The Kier molecular flexibility index (Phi) is 2.56. The molecule has 0 aliphatic carbocycles. The van der Waals surface area contributed by atoms with Crippen LogP contribution >= 0.6 is 11.3 Å². The molecule has 0 aromatic carbocycles. The van der Waals surface area contributed by atoms with Crippen molar-refractivity contribution in [1.29, 1.82) is 0 Å². The number of nitrogens with zero attached hydrogens (tertiary/aromatic N) is 2. The zero-order valence-electron chi connectivity index (χ0n) is 10.1. The van der Waals surface area contributed by atoms with Crippen molar-refractivity contribution in [3.8, 4) is 0 Å². The third-order valence-corrected chi connectivity index (χ3v) is 4.18. The summed E-state index contributed by atoms with van der Waals surface area (Å²) < 4.78 is 3.55. The molecule has 0 radical (unpaired) electrons. The van der Waals surface area contributed by atoms with Gasteiger partial charge in [-0.05, 0) is 22.9 Å². The van der Waals surface area contributed by atoms with E-state index in [-0.39, 0.29) is 0 Å². The molecule has 0 unspecified atom stereocenters. The van der Waals surface area contributed by atoms with E-state index in [1.54, 1.807) is 11.3 Å². The topological polar surface area (TPSA) is 17.0 Å². The summed E-state index contributed by atoms with van der Waals surface area (Å²) in [6, 6.07) is 4.23. The Labute approximate surface area is 105 Å². The average Bonchev–Trinajstić information content (AvgIpc) is 2.86. The maximum Gasteiger partial charge on any atom is 0.345 e. The smallest absolute Gasteiger partial charge is 0.199 e. The third kappa shape index (κ3) is 1.46. The first-order valence-electron chi connectivity index (χ1n) is 6.04. The third-order valence-electron chi connectivity index (χ3n) is 3.27. The molecule has 3 aromatic heterocycles. The molecule has 0 atom stereocenters. The largest absolute Gasteiger partial charge is 0.345 e. The van der Waals surface area contributed by atoms with Gasteiger partial charge in [0, 0.05) is 23.4 Å². The van der Waals surface area contributed by atoms with E-state index >= 15 is 0 Å². The molecule has 0 aliphatic rings. The highest BCUT2D eigenvalue weighted by Gasteiger charge is 2.18. The van der Waals surface area contributed by atoms with E-state index in [0.717, 1.165) is 18.5 Å². The second-order valence-electron chi connectivity index (χ2n) is 4.11. The van der Waals surface area contributed by atoms with E-state index in [4.69, 9.17) is 0 Å². The molecular weight excluding hydrogens is 228 g/mol. The maximum absolute atomic E-state index is 4.54. The predicted octanol–water partition coefficient (Wildman–Crippen LogP) is 3.16. The normalized spacial score (nSPS) is 11.4. The van der Waals surface area contributed by atoms with Crippen LogP contribution in [0.15, 0.2) is 29.9 Å². The molecule has 3 heterocycles. The lowest BCUT2D eigenvalue weighted by molar-refractivity contribution is -0.523. The fourth-order valence-electron chi connectivity index (χ4n) is 2.56. The maximum atomic E-state index is 4.54. The Morgan fingerprint density at radius 2 is 2.18 bits per heavy atom. The summed E-state index contributed by atoms with van der Waals surface area (Å²) in [4.78, 5) is 4.54. The van der Waals surface area contributed by atoms with Crippen molar-refractivity contribution in [2.45, 2.75) is 26.7 Å². The molecule has 3 aromatic rings. The van der Waals surface area contributed by atoms with Gasteiger partial charge in [-0.2, -0.15) is 4.40 Å². The lowest BCUT2D eigenvalue weighted by Gasteiger charge is -2.07. The second kappa shape index (κ2) is 4.08. The summed E-state index contributed by atoms with van der Waals surface area (Å²) in [6.07, 6.45) is 6.12. The van der Waals surface area contributed by atoms with Gasteiger partial charge < -0.3 is 0 Å². The van der Waals surface area contributed by atoms with Crippen molar-refractivity contribution in [3.05, 3.63) is 41.2 Å². The number of pyridine rings is 1. The number of thiophene rings is 1. The average molecular weight is 243 g/mol. The lowest BCUT2D eigenvalue weighted by atomic mass is 10.0. The molecule has 0 saturated carbocycles. The molecule has 2 nitrogen and oxygen atoms in total. The number of fused-ring (bicyclic) bond motifs is 3. The zero-order chi connectivity index (χ0) is 11.8. The molecule has 17 heavy (non-hydrogen) atoms. The summed E-state index contributed by atoms with van der Waals surface area (Å²) in [7, 11) is 0. The molecule has 0 N–H and O–H groups in total. The summed E-state index contributed by atoms with van der Waals surface area (Å²) in [5.41, 5.74) is 3.95. The standard InChI is InChI=1S/C14H15N2S/c1-3-10-11-6-9-17-13(11)14-15-7-5-8-16(14)12(10)4-2/h5-9H,3-4H2,1-2H3/q+1. The summed E-state index contributed by atoms with van der Waals surface area (Å²) >= 11 is 1.78. The van der Waals surface area contributed by atoms with Gasteiger partial charge in [-0.1, -0.05) is 13.8 Å². The molecule has 0 aliphatic heterocycles. The molecule has 0 bridgehead atoms. The van der Waals surface area contributed by atoms with E-state index in [0.29, 0.717) is 0 Å². The minimum absolute atomic E-state index is 1.04. The summed E-state index contributed by atoms with van der Waals surface area (Å²) in [6.45, 7) is 4.44. The Hall–Kier alpha value is -1.48. The van der Waals surface area contributed by atoms with Crippen LogP contribution in [0.4, 0.5) is 0 Å². The van der Waals surface area contributed by atoms with Crippen LogP contribution in [-0.2, 0) is 12.8 Å². The SMILES string of the molecule is CCc1c(CC)[n+]2cccnc2c2sccc12.